The monoisotopic (exact) mass is 318 g/mol. The molecule has 2 nitrogen and oxygen atoms in total. The van der Waals surface area contributed by atoms with Crippen LogP contribution in [0.2, 0.25) is 0 Å². The molecule has 2 rings (SSSR count). The summed E-state index contributed by atoms with van der Waals surface area (Å²) in [5.41, 5.74) is 8.53. The predicted molar refractivity (Wildman–Crippen MR) is 79.3 cm³/mol. The number of hydrogen-bond acceptors (Lipinski definition) is 3. The van der Waals surface area contributed by atoms with E-state index in [1.54, 1.807) is 11.8 Å². The van der Waals surface area contributed by atoms with E-state index < -0.39 is 0 Å². The molecule has 0 spiro atoms. The summed E-state index contributed by atoms with van der Waals surface area (Å²) in [6, 6.07) is 15.6. The quantitative estimate of drug-likeness (QED) is 0.681. The fraction of sp³-hybridized carbons (Fsp3) is 0.0714. The van der Waals surface area contributed by atoms with Crippen molar-refractivity contribution in [1.82, 2.24) is 0 Å². The number of anilines is 1. The Balaban J connectivity index is 2.09. The van der Waals surface area contributed by atoms with Crippen LogP contribution in [0, 0.1) is 11.3 Å². The lowest BCUT2D eigenvalue weighted by atomic mass is 10.2. The molecule has 18 heavy (non-hydrogen) atoms. The van der Waals surface area contributed by atoms with Crippen molar-refractivity contribution in [1.29, 1.82) is 5.26 Å². The highest BCUT2D eigenvalue weighted by molar-refractivity contribution is 9.10. The first-order chi connectivity index (χ1) is 8.69. The Morgan fingerprint density at radius 3 is 2.78 bits per heavy atom. The lowest BCUT2D eigenvalue weighted by Gasteiger charge is -2.06. The van der Waals surface area contributed by atoms with Gasteiger partial charge in [-0.25, -0.2) is 0 Å². The van der Waals surface area contributed by atoms with Crippen LogP contribution in [0.25, 0.3) is 0 Å². The molecule has 0 saturated carbocycles. The van der Waals surface area contributed by atoms with E-state index in [4.69, 9.17) is 11.0 Å². The van der Waals surface area contributed by atoms with E-state index in [1.807, 2.05) is 42.5 Å². The SMILES string of the molecule is N#Cc1cccc(CSc2ccc(Br)cc2N)c1. The minimum atomic E-state index is 0.692. The maximum absolute atomic E-state index is 8.84. The summed E-state index contributed by atoms with van der Waals surface area (Å²) in [5.74, 6) is 0.807. The largest absolute Gasteiger partial charge is 0.398 e. The first kappa shape index (κ1) is 13.0. The number of nitrogen functional groups attached to an aromatic ring is 1. The zero-order valence-electron chi connectivity index (χ0n) is 9.56. The second kappa shape index (κ2) is 5.94. The van der Waals surface area contributed by atoms with Gasteiger partial charge < -0.3 is 5.73 Å². The van der Waals surface area contributed by atoms with Crippen molar-refractivity contribution in [2.24, 2.45) is 0 Å². The third-order valence-corrected chi connectivity index (χ3v) is 4.08. The molecule has 2 aromatic carbocycles. The van der Waals surface area contributed by atoms with E-state index in [1.165, 1.54) is 0 Å². The summed E-state index contributed by atoms with van der Waals surface area (Å²) in [7, 11) is 0. The summed E-state index contributed by atoms with van der Waals surface area (Å²) in [6.07, 6.45) is 0. The number of nitrogens with two attached hydrogens (primary N) is 1. The Morgan fingerprint density at radius 1 is 1.22 bits per heavy atom. The molecule has 2 aromatic rings. The minimum absolute atomic E-state index is 0.692. The molecule has 4 heteroatoms. The van der Waals surface area contributed by atoms with Crippen LogP contribution in [0.3, 0.4) is 0 Å². The highest BCUT2D eigenvalue weighted by Gasteiger charge is 2.02. The summed E-state index contributed by atoms with van der Waals surface area (Å²) in [5, 5.41) is 8.84. The number of nitriles is 1. The Kier molecular flexibility index (Phi) is 4.29. The van der Waals surface area contributed by atoms with Gasteiger partial charge in [-0.2, -0.15) is 5.26 Å². The van der Waals surface area contributed by atoms with Crippen LogP contribution >= 0.6 is 27.7 Å². The van der Waals surface area contributed by atoms with Crippen LogP contribution in [-0.2, 0) is 5.75 Å². The zero-order chi connectivity index (χ0) is 13.0. The fourth-order valence-electron chi connectivity index (χ4n) is 1.54. The fourth-order valence-corrected chi connectivity index (χ4v) is 2.81. The molecule has 0 aromatic heterocycles. The van der Waals surface area contributed by atoms with Gasteiger partial charge in [-0.05, 0) is 35.9 Å². The highest BCUT2D eigenvalue weighted by atomic mass is 79.9. The molecule has 0 amide bonds. The summed E-state index contributed by atoms with van der Waals surface area (Å²) in [4.78, 5) is 1.06. The first-order valence-corrected chi connectivity index (χ1v) is 7.14. The molecule has 0 aliphatic heterocycles. The molecule has 0 bridgehead atoms. The average molecular weight is 319 g/mol. The van der Waals surface area contributed by atoms with E-state index in [-0.39, 0.29) is 0 Å². The van der Waals surface area contributed by atoms with E-state index in [2.05, 4.69) is 22.0 Å². The van der Waals surface area contributed by atoms with Gasteiger partial charge in [-0.1, -0.05) is 28.1 Å². The molecule has 0 aliphatic rings. The van der Waals surface area contributed by atoms with Crippen molar-refractivity contribution in [2.75, 3.05) is 5.73 Å². The van der Waals surface area contributed by atoms with Gasteiger partial charge in [0.05, 0.1) is 11.6 Å². The summed E-state index contributed by atoms with van der Waals surface area (Å²) >= 11 is 5.06. The molecule has 0 aliphatic carbocycles. The average Bonchev–Trinajstić information content (AvgIpc) is 2.38. The molecule has 0 saturated heterocycles. The van der Waals surface area contributed by atoms with Crippen molar-refractivity contribution in [3.63, 3.8) is 0 Å². The van der Waals surface area contributed by atoms with Crippen LogP contribution in [-0.4, -0.2) is 0 Å². The van der Waals surface area contributed by atoms with Gasteiger partial charge in [0.25, 0.3) is 0 Å². The summed E-state index contributed by atoms with van der Waals surface area (Å²) < 4.78 is 0.982. The number of rotatable bonds is 3. The smallest absolute Gasteiger partial charge is 0.0991 e. The van der Waals surface area contributed by atoms with Crippen molar-refractivity contribution in [3.8, 4) is 6.07 Å². The van der Waals surface area contributed by atoms with E-state index in [0.29, 0.717) is 5.56 Å². The molecular formula is C14H11BrN2S. The molecule has 0 atom stereocenters. The van der Waals surface area contributed by atoms with Crippen LogP contribution in [0.5, 0.6) is 0 Å². The Hall–Kier alpha value is -1.44. The lowest BCUT2D eigenvalue weighted by molar-refractivity contribution is 1.36. The van der Waals surface area contributed by atoms with Gasteiger partial charge in [0, 0.05) is 20.8 Å². The third kappa shape index (κ3) is 3.28. The van der Waals surface area contributed by atoms with Gasteiger partial charge in [0.2, 0.25) is 0 Å². The van der Waals surface area contributed by atoms with Crippen molar-refractivity contribution in [3.05, 3.63) is 58.1 Å². The van der Waals surface area contributed by atoms with Crippen LogP contribution in [0.1, 0.15) is 11.1 Å². The highest BCUT2D eigenvalue weighted by Crippen LogP contribution is 2.30. The number of halogens is 1. The van der Waals surface area contributed by atoms with Crippen molar-refractivity contribution >= 4 is 33.4 Å². The molecule has 0 fully saturated rings. The minimum Gasteiger partial charge on any atom is -0.398 e. The third-order valence-electron chi connectivity index (χ3n) is 2.42. The maximum atomic E-state index is 8.84. The Morgan fingerprint density at radius 2 is 2.06 bits per heavy atom. The number of hydrogen-bond donors (Lipinski definition) is 1. The van der Waals surface area contributed by atoms with E-state index in [0.717, 1.165) is 26.4 Å². The number of nitrogens with zero attached hydrogens (tertiary/aromatic N) is 1. The van der Waals surface area contributed by atoms with Gasteiger partial charge in [0.1, 0.15) is 0 Å². The van der Waals surface area contributed by atoms with Crippen LogP contribution < -0.4 is 5.73 Å². The Bertz CT molecular complexity index is 605. The topological polar surface area (TPSA) is 49.8 Å². The van der Waals surface area contributed by atoms with Gasteiger partial charge >= 0.3 is 0 Å². The first-order valence-electron chi connectivity index (χ1n) is 5.36. The maximum Gasteiger partial charge on any atom is 0.0991 e. The standard InChI is InChI=1S/C14H11BrN2S/c15-12-4-5-14(13(17)7-12)18-9-11-3-1-2-10(6-11)8-16/h1-7H,9,17H2. The molecule has 90 valence electrons. The van der Waals surface area contributed by atoms with Crippen molar-refractivity contribution in [2.45, 2.75) is 10.6 Å². The van der Waals surface area contributed by atoms with E-state index >= 15 is 0 Å². The second-order valence-electron chi connectivity index (χ2n) is 3.78. The van der Waals surface area contributed by atoms with Gasteiger partial charge in [-0.15, -0.1) is 11.8 Å². The molecule has 0 unspecified atom stereocenters. The summed E-state index contributed by atoms with van der Waals surface area (Å²) in [6.45, 7) is 0. The lowest BCUT2D eigenvalue weighted by Crippen LogP contribution is -1.89. The molecule has 2 N–H and O–H groups in total. The predicted octanol–water partition coefficient (Wildman–Crippen LogP) is 4.20. The zero-order valence-corrected chi connectivity index (χ0v) is 12.0. The Labute approximate surface area is 119 Å². The second-order valence-corrected chi connectivity index (χ2v) is 5.72. The van der Waals surface area contributed by atoms with E-state index in [9.17, 15) is 0 Å². The van der Waals surface area contributed by atoms with Crippen molar-refractivity contribution < 1.29 is 0 Å². The number of thioether (sulfide) groups is 1. The molecule has 0 heterocycles. The van der Waals surface area contributed by atoms with Gasteiger partial charge in [-0.3, -0.25) is 0 Å². The molecular weight excluding hydrogens is 308 g/mol. The number of benzene rings is 2. The van der Waals surface area contributed by atoms with Gasteiger partial charge in [0.15, 0.2) is 0 Å². The normalized spacial score (nSPS) is 10.0. The molecule has 0 radical (unpaired) electrons. The van der Waals surface area contributed by atoms with Crippen LogP contribution in [0.4, 0.5) is 5.69 Å². The van der Waals surface area contributed by atoms with Crippen LogP contribution in [0.15, 0.2) is 51.8 Å².